The lowest BCUT2D eigenvalue weighted by molar-refractivity contribution is -0.137. The molecular formula is C17H15ClF3N3O2. The van der Waals surface area contributed by atoms with Crippen LogP contribution in [0.2, 0.25) is 5.02 Å². The van der Waals surface area contributed by atoms with Gasteiger partial charge in [-0.3, -0.25) is 20.4 Å². The minimum absolute atomic E-state index is 0.184. The van der Waals surface area contributed by atoms with Gasteiger partial charge in [-0.1, -0.05) is 35.9 Å². The standard InChI is InChI=1S/C17H15ClF3N3O2/c1-10(22-16(26)11-6-2-4-8-13(11)18)15(25)24-23-14-9-5-3-7-12(14)17(19,20)21/h2-10,23H,1H3,(H,22,26)(H,24,25). The predicted molar refractivity (Wildman–Crippen MR) is 91.6 cm³/mol. The minimum Gasteiger partial charge on any atom is -0.340 e. The Kier molecular flexibility index (Phi) is 6.10. The average Bonchev–Trinajstić information content (AvgIpc) is 2.59. The molecule has 2 rings (SSSR count). The van der Waals surface area contributed by atoms with Crippen molar-refractivity contribution in [1.82, 2.24) is 10.7 Å². The number of carbonyl (C=O) groups excluding carboxylic acids is 2. The van der Waals surface area contributed by atoms with E-state index < -0.39 is 29.6 Å². The molecule has 0 bridgehead atoms. The predicted octanol–water partition coefficient (Wildman–Crippen LogP) is 3.62. The monoisotopic (exact) mass is 385 g/mol. The van der Waals surface area contributed by atoms with Crippen LogP contribution in [0.3, 0.4) is 0 Å². The number of hydrogen-bond acceptors (Lipinski definition) is 3. The molecule has 0 saturated carbocycles. The van der Waals surface area contributed by atoms with Crippen molar-refractivity contribution in [2.45, 2.75) is 19.1 Å². The van der Waals surface area contributed by atoms with Crippen molar-refractivity contribution in [2.75, 3.05) is 5.43 Å². The third-order valence-electron chi connectivity index (χ3n) is 3.41. The van der Waals surface area contributed by atoms with E-state index in [9.17, 15) is 22.8 Å². The first-order valence-electron chi connectivity index (χ1n) is 7.47. The number of para-hydroxylation sites is 1. The van der Waals surface area contributed by atoms with E-state index in [2.05, 4.69) is 16.2 Å². The molecule has 1 unspecified atom stereocenters. The van der Waals surface area contributed by atoms with Crippen molar-refractivity contribution in [3.8, 4) is 0 Å². The van der Waals surface area contributed by atoms with Crippen molar-refractivity contribution < 1.29 is 22.8 Å². The second kappa shape index (κ2) is 8.09. The van der Waals surface area contributed by atoms with Crippen LogP contribution in [-0.4, -0.2) is 17.9 Å². The molecule has 0 saturated heterocycles. The fourth-order valence-corrected chi connectivity index (χ4v) is 2.28. The molecule has 26 heavy (non-hydrogen) atoms. The van der Waals surface area contributed by atoms with Gasteiger partial charge in [-0.15, -0.1) is 0 Å². The molecule has 0 aliphatic heterocycles. The molecule has 0 heterocycles. The molecular weight excluding hydrogens is 371 g/mol. The summed E-state index contributed by atoms with van der Waals surface area (Å²) in [5, 5.41) is 2.64. The average molecular weight is 386 g/mol. The first kappa shape index (κ1) is 19.6. The maximum absolute atomic E-state index is 12.9. The van der Waals surface area contributed by atoms with Crippen LogP contribution < -0.4 is 16.2 Å². The number of hydrogen-bond donors (Lipinski definition) is 3. The first-order valence-corrected chi connectivity index (χ1v) is 7.85. The number of carbonyl (C=O) groups is 2. The molecule has 138 valence electrons. The van der Waals surface area contributed by atoms with Crippen LogP contribution in [0.15, 0.2) is 48.5 Å². The first-order chi connectivity index (χ1) is 12.2. The van der Waals surface area contributed by atoms with Gasteiger partial charge < -0.3 is 5.32 Å². The Bertz CT molecular complexity index is 812. The molecule has 0 spiro atoms. The third kappa shape index (κ3) is 4.89. The zero-order valence-corrected chi connectivity index (χ0v) is 14.3. The molecule has 2 aromatic rings. The molecule has 2 aromatic carbocycles. The van der Waals surface area contributed by atoms with Gasteiger partial charge in [0.2, 0.25) is 0 Å². The Labute approximate surface area is 152 Å². The lowest BCUT2D eigenvalue weighted by Crippen LogP contribution is -2.46. The number of rotatable bonds is 5. The molecule has 3 N–H and O–H groups in total. The van der Waals surface area contributed by atoms with Crippen molar-refractivity contribution in [3.05, 3.63) is 64.7 Å². The van der Waals surface area contributed by atoms with Crippen LogP contribution >= 0.6 is 11.6 Å². The van der Waals surface area contributed by atoms with Gasteiger partial charge in [0.15, 0.2) is 0 Å². The molecule has 0 aliphatic rings. The molecule has 0 aliphatic carbocycles. The van der Waals surface area contributed by atoms with E-state index in [0.29, 0.717) is 0 Å². The third-order valence-corrected chi connectivity index (χ3v) is 3.74. The maximum Gasteiger partial charge on any atom is 0.418 e. The van der Waals surface area contributed by atoms with Crippen LogP contribution in [0.25, 0.3) is 0 Å². The van der Waals surface area contributed by atoms with E-state index in [-0.39, 0.29) is 16.3 Å². The second-order valence-electron chi connectivity index (χ2n) is 5.33. The number of anilines is 1. The van der Waals surface area contributed by atoms with Crippen LogP contribution in [0, 0.1) is 0 Å². The molecule has 1 atom stereocenters. The van der Waals surface area contributed by atoms with Crippen molar-refractivity contribution in [3.63, 3.8) is 0 Å². The summed E-state index contributed by atoms with van der Waals surface area (Å²) in [4.78, 5) is 24.1. The lowest BCUT2D eigenvalue weighted by Gasteiger charge is -2.18. The van der Waals surface area contributed by atoms with Crippen LogP contribution in [0.1, 0.15) is 22.8 Å². The SMILES string of the molecule is CC(NC(=O)c1ccccc1Cl)C(=O)NNc1ccccc1C(F)(F)F. The Morgan fingerprint density at radius 2 is 1.65 bits per heavy atom. The van der Waals surface area contributed by atoms with E-state index >= 15 is 0 Å². The van der Waals surface area contributed by atoms with E-state index in [0.717, 1.165) is 6.07 Å². The highest BCUT2D eigenvalue weighted by Crippen LogP contribution is 2.34. The molecule has 0 fully saturated rings. The van der Waals surface area contributed by atoms with Crippen LogP contribution in [-0.2, 0) is 11.0 Å². The topological polar surface area (TPSA) is 70.2 Å². The van der Waals surface area contributed by atoms with Gasteiger partial charge >= 0.3 is 6.18 Å². The van der Waals surface area contributed by atoms with Gasteiger partial charge in [-0.05, 0) is 31.2 Å². The van der Waals surface area contributed by atoms with Gasteiger partial charge in [0, 0.05) is 0 Å². The Balaban J connectivity index is 1.98. The molecule has 9 heteroatoms. The van der Waals surface area contributed by atoms with Crippen molar-refractivity contribution in [2.24, 2.45) is 0 Å². The summed E-state index contributed by atoms with van der Waals surface area (Å²) >= 11 is 5.90. The van der Waals surface area contributed by atoms with E-state index in [1.165, 1.54) is 37.3 Å². The molecule has 0 radical (unpaired) electrons. The summed E-state index contributed by atoms with van der Waals surface area (Å²) in [7, 11) is 0. The quantitative estimate of drug-likeness (QED) is 0.688. The summed E-state index contributed by atoms with van der Waals surface area (Å²) in [6.45, 7) is 1.39. The van der Waals surface area contributed by atoms with E-state index in [1.807, 2.05) is 0 Å². The summed E-state index contributed by atoms with van der Waals surface area (Å²) in [5.74, 6) is -1.30. The second-order valence-corrected chi connectivity index (χ2v) is 5.74. The molecule has 2 amide bonds. The van der Waals surface area contributed by atoms with Crippen LogP contribution in [0.4, 0.5) is 18.9 Å². The van der Waals surface area contributed by atoms with Gasteiger partial charge in [-0.25, -0.2) is 0 Å². The Hall–Kier alpha value is -2.74. The summed E-state index contributed by atoms with van der Waals surface area (Å²) < 4.78 is 38.7. The zero-order chi connectivity index (χ0) is 19.3. The number of halogens is 4. The molecule has 5 nitrogen and oxygen atoms in total. The highest BCUT2D eigenvalue weighted by Gasteiger charge is 2.33. The number of nitrogens with one attached hydrogen (secondary N) is 3. The molecule has 0 aromatic heterocycles. The van der Waals surface area contributed by atoms with Crippen LogP contribution in [0.5, 0.6) is 0 Å². The fourth-order valence-electron chi connectivity index (χ4n) is 2.06. The summed E-state index contributed by atoms with van der Waals surface area (Å²) in [6, 6.07) is 9.96. The Morgan fingerprint density at radius 1 is 1.04 bits per heavy atom. The summed E-state index contributed by atoms with van der Waals surface area (Å²) in [6.07, 6.45) is -4.57. The van der Waals surface area contributed by atoms with Gasteiger partial charge in [-0.2, -0.15) is 13.2 Å². The fraction of sp³-hybridized carbons (Fsp3) is 0.176. The van der Waals surface area contributed by atoms with Crippen molar-refractivity contribution in [1.29, 1.82) is 0 Å². The highest BCUT2D eigenvalue weighted by atomic mass is 35.5. The maximum atomic E-state index is 12.9. The van der Waals surface area contributed by atoms with Crippen molar-refractivity contribution >= 4 is 29.1 Å². The Morgan fingerprint density at radius 3 is 2.31 bits per heavy atom. The van der Waals surface area contributed by atoms with Gasteiger partial charge in [0.1, 0.15) is 6.04 Å². The number of amides is 2. The number of hydrazine groups is 1. The van der Waals surface area contributed by atoms with E-state index in [4.69, 9.17) is 11.6 Å². The normalized spacial score (nSPS) is 12.2. The zero-order valence-electron chi connectivity index (χ0n) is 13.5. The summed E-state index contributed by atoms with van der Waals surface area (Å²) in [5.41, 5.74) is 3.33. The smallest absolute Gasteiger partial charge is 0.340 e. The largest absolute Gasteiger partial charge is 0.418 e. The van der Waals surface area contributed by atoms with Gasteiger partial charge in [0.25, 0.3) is 11.8 Å². The lowest BCUT2D eigenvalue weighted by atomic mass is 10.2. The number of benzene rings is 2. The highest BCUT2D eigenvalue weighted by molar-refractivity contribution is 6.33. The minimum atomic E-state index is -4.57. The van der Waals surface area contributed by atoms with E-state index in [1.54, 1.807) is 12.1 Å². The van der Waals surface area contributed by atoms with Gasteiger partial charge in [0.05, 0.1) is 21.8 Å². The number of alkyl halides is 3.